The van der Waals surface area contributed by atoms with Crippen molar-refractivity contribution in [2.75, 3.05) is 24.5 Å². The second kappa shape index (κ2) is 8.48. The number of aromatic amines is 1. The van der Waals surface area contributed by atoms with Crippen molar-refractivity contribution in [3.05, 3.63) is 59.8 Å². The number of rotatable bonds is 5. The number of hydrogen-bond donors (Lipinski definition) is 1. The Morgan fingerprint density at radius 1 is 1.00 bits per heavy atom. The normalized spacial score (nSPS) is 14.9. The molecule has 3 rings (SSSR count). The van der Waals surface area contributed by atoms with Crippen LogP contribution < -0.4 is 15.2 Å². The molecule has 0 bridgehead atoms. The molecule has 2 heterocycles. The van der Waals surface area contributed by atoms with Gasteiger partial charge in [-0.1, -0.05) is 30.3 Å². The first-order valence-corrected chi connectivity index (χ1v) is 8.92. The van der Waals surface area contributed by atoms with E-state index in [0.717, 1.165) is 30.9 Å². The molecule has 2 aromatic rings. The van der Waals surface area contributed by atoms with Crippen molar-refractivity contribution < 1.29 is 9.78 Å². The van der Waals surface area contributed by atoms with E-state index < -0.39 is 0 Å². The van der Waals surface area contributed by atoms with Crippen molar-refractivity contribution in [2.45, 2.75) is 32.1 Å². The number of aromatic nitrogens is 1. The topological polar surface area (TPSA) is 46.5 Å². The van der Waals surface area contributed by atoms with Crippen LogP contribution in [0.5, 0.6) is 0 Å². The van der Waals surface area contributed by atoms with Crippen molar-refractivity contribution in [3.63, 3.8) is 0 Å². The van der Waals surface area contributed by atoms with Crippen molar-refractivity contribution in [2.24, 2.45) is 0 Å². The zero-order chi connectivity index (χ0) is 16.6. The fourth-order valence-electron chi connectivity index (χ4n) is 3.23. The number of nitrogens with one attached hydrogen (secondary N) is 2. The molecule has 1 aromatic heterocycles. The summed E-state index contributed by atoms with van der Waals surface area (Å²) in [4.78, 5) is 18.2. The molecule has 0 unspecified atom stereocenters. The van der Waals surface area contributed by atoms with Gasteiger partial charge in [-0.15, -0.1) is 0 Å². The minimum atomic E-state index is 0.00188. The molecule has 126 valence electrons. The molecular weight excluding hydrogens is 298 g/mol. The average molecular weight is 324 g/mol. The van der Waals surface area contributed by atoms with Crippen LogP contribution in [0.1, 0.15) is 41.6 Å². The number of anilines is 1. The molecule has 0 radical (unpaired) electrons. The molecule has 1 aliphatic heterocycles. The number of pyridine rings is 1. The van der Waals surface area contributed by atoms with Crippen molar-refractivity contribution in [1.29, 1.82) is 0 Å². The molecule has 0 atom stereocenters. The minimum Gasteiger partial charge on any atom is -0.351 e. The Kier molecular flexibility index (Phi) is 5.83. The Morgan fingerprint density at radius 2 is 1.75 bits per heavy atom. The van der Waals surface area contributed by atoms with E-state index in [2.05, 4.69) is 27.3 Å². The highest BCUT2D eigenvalue weighted by molar-refractivity contribution is 5.98. The highest BCUT2D eigenvalue weighted by Gasteiger charge is 2.24. The van der Waals surface area contributed by atoms with Crippen LogP contribution >= 0.6 is 0 Å². The lowest BCUT2D eigenvalue weighted by Gasteiger charge is -2.16. The van der Waals surface area contributed by atoms with E-state index in [1.54, 1.807) is 0 Å². The maximum absolute atomic E-state index is 12.6. The lowest BCUT2D eigenvalue weighted by Crippen LogP contribution is -2.35. The number of nitrogens with zero attached hydrogens (tertiary/aromatic N) is 1. The van der Waals surface area contributed by atoms with Crippen molar-refractivity contribution in [3.8, 4) is 0 Å². The van der Waals surface area contributed by atoms with Gasteiger partial charge in [0.2, 0.25) is 0 Å². The number of benzene rings is 1. The molecule has 1 amide bonds. The van der Waals surface area contributed by atoms with E-state index in [1.807, 2.05) is 36.5 Å². The van der Waals surface area contributed by atoms with E-state index in [1.165, 1.54) is 31.2 Å². The number of amides is 1. The predicted octanol–water partition coefficient (Wildman–Crippen LogP) is 2.85. The van der Waals surface area contributed by atoms with Gasteiger partial charge in [0, 0.05) is 6.54 Å². The fourth-order valence-corrected chi connectivity index (χ4v) is 3.23. The summed E-state index contributed by atoms with van der Waals surface area (Å²) >= 11 is 0. The second-order valence-corrected chi connectivity index (χ2v) is 6.33. The van der Waals surface area contributed by atoms with Crippen molar-refractivity contribution >= 4 is 11.7 Å². The van der Waals surface area contributed by atoms with Gasteiger partial charge in [-0.25, -0.2) is 4.98 Å². The maximum atomic E-state index is 12.6. The number of hydrogen-bond acceptors (Lipinski definition) is 2. The van der Waals surface area contributed by atoms with Crippen LogP contribution in [-0.4, -0.2) is 25.5 Å². The van der Waals surface area contributed by atoms with Crippen molar-refractivity contribution in [1.82, 2.24) is 5.32 Å². The highest BCUT2D eigenvalue weighted by atomic mass is 16.1. The standard InChI is InChI=1S/C20H25N3O/c24-20(22-14-12-17-9-4-3-5-10-17)18-11-8-13-21-19(18)23-15-6-1-2-7-16-23/h3-5,8-11,13H,1-2,6-7,12,14-16H2,(H,22,24)/p+1. The van der Waals surface area contributed by atoms with Gasteiger partial charge in [-0.05, 0) is 49.8 Å². The van der Waals surface area contributed by atoms with Crippen LogP contribution in [0.15, 0.2) is 48.7 Å². The predicted molar refractivity (Wildman–Crippen MR) is 96.2 cm³/mol. The molecule has 1 saturated heterocycles. The van der Waals surface area contributed by atoms with Gasteiger partial charge < -0.3 is 5.32 Å². The monoisotopic (exact) mass is 324 g/mol. The van der Waals surface area contributed by atoms with E-state index in [4.69, 9.17) is 0 Å². The van der Waals surface area contributed by atoms with Crippen LogP contribution in [0.25, 0.3) is 0 Å². The van der Waals surface area contributed by atoms with Gasteiger partial charge in [-0.3, -0.25) is 9.69 Å². The lowest BCUT2D eigenvalue weighted by atomic mass is 10.1. The largest absolute Gasteiger partial charge is 0.351 e. The fraction of sp³-hybridized carbons (Fsp3) is 0.400. The molecule has 1 aliphatic rings. The smallest absolute Gasteiger partial charge is 0.287 e. The summed E-state index contributed by atoms with van der Waals surface area (Å²) in [5.41, 5.74) is 1.98. The maximum Gasteiger partial charge on any atom is 0.287 e. The number of carbonyl (C=O) groups excluding carboxylic acids is 1. The summed E-state index contributed by atoms with van der Waals surface area (Å²) in [6.07, 6.45) is 7.70. The van der Waals surface area contributed by atoms with E-state index in [0.29, 0.717) is 6.54 Å². The average Bonchev–Trinajstić information content (AvgIpc) is 2.92. The van der Waals surface area contributed by atoms with E-state index in [9.17, 15) is 4.79 Å². The minimum absolute atomic E-state index is 0.00188. The lowest BCUT2D eigenvalue weighted by molar-refractivity contribution is -0.364. The first kappa shape index (κ1) is 16.5. The third kappa shape index (κ3) is 4.34. The summed E-state index contributed by atoms with van der Waals surface area (Å²) in [5, 5.41) is 3.06. The zero-order valence-corrected chi connectivity index (χ0v) is 14.1. The summed E-state index contributed by atoms with van der Waals surface area (Å²) < 4.78 is 0. The summed E-state index contributed by atoms with van der Waals surface area (Å²) in [7, 11) is 0. The Bertz CT molecular complexity index is 649. The molecular formula is C20H26N3O+. The third-order valence-corrected chi connectivity index (χ3v) is 4.54. The molecule has 0 aliphatic carbocycles. The SMILES string of the molecule is O=C(NCCc1ccccc1)c1ccc[nH+]c1N1CCCCCC1. The summed E-state index contributed by atoms with van der Waals surface area (Å²) in [5.74, 6) is 0.957. The van der Waals surface area contributed by atoms with Crippen LogP contribution in [0.4, 0.5) is 5.82 Å². The first-order valence-electron chi connectivity index (χ1n) is 8.92. The molecule has 4 heteroatoms. The zero-order valence-electron chi connectivity index (χ0n) is 14.1. The van der Waals surface area contributed by atoms with Crippen LogP contribution in [-0.2, 0) is 6.42 Å². The molecule has 0 spiro atoms. The van der Waals surface area contributed by atoms with Gasteiger partial charge in [0.25, 0.3) is 11.7 Å². The van der Waals surface area contributed by atoms with Crippen LogP contribution in [0, 0.1) is 0 Å². The Hall–Kier alpha value is -2.36. The molecule has 24 heavy (non-hydrogen) atoms. The first-order chi connectivity index (χ1) is 11.8. The van der Waals surface area contributed by atoms with E-state index >= 15 is 0 Å². The van der Waals surface area contributed by atoms with Gasteiger partial charge in [-0.2, -0.15) is 0 Å². The third-order valence-electron chi connectivity index (χ3n) is 4.54. The molecule has 1 fully saturated rings. The van der Waals surface area contributed by atoms with Crippen LogP contribution in [0.3, 0.4) is 0 Å². The molecule has 4 nitrogen and oxygen atoms in total. The number of H-pyrrole nitrogens is 1. The van der Waals surface area contributed by atoms with Crippen LogP contribution in [0.2, 0.25) is 0 Å². The van der Waals surface area contributed by atoms with Gasteiger partial charge in [0.05, 0.1) is 19.3 Å². The van der Waals surface area contributed by atoms with E-state index in [-0.39, 0.29) is 5.91 Å². The quantitative estimate of drug-likeness (QED) is 0.919. The Labute approximate surface area is 143 Å². The van der Waals surface area contributed by atoms with Gasteiger partial charge in [0.15, 0.2) is 0 Å². The Balaban J connectivity index is 1.64. The number of carbonyl (C=O) groups is 1. The summed E-state index contributed by atoms with van der Waals surface area (Å²) in [6.45, 7) is 2.69. The van der Waals surface area contributed by atoms with Gasteiger partial charge in [0.1, 0.15) is 5.56 Å². The molecule has 0 saturated carbocycles. The second-order valence-electron chi connectivity index (χ2n) is 6.33. The Morgan fingerprint density at radius 3 is 2.50 bits per heavy atom. The van der Waals surface area contributed by atoms with Gasteiger partial charge >= 0.3 is 0 Å². The molecule has 2 N–H and O–H groups in total. The highest BCUT2D eigenvalue weighted by Crippen LogP contribution is 2.19. The molecule has 1 aromatic carbocycles. The summed E-state index contributed by atoms with van der Waals surface area (Å²) in [6, 6.07) is 14.1.